The number of piperidine rings is 1. The van der Waals surface area contributed by atoms with Gasteiger partial charge in [-0.2, -0.15) is 0 Å². The van der Waals surface area contributed by atoms with Gasteiger partial charge < -0.3 is 10.1 Å². The Labute approximate surface area is 106 Å². The molecule has 0 aliphatic carbocycles. The highest BCUT2D eigenvalue weighted by Gasteiger charge is 2.25. The van der Waals surface area contributed by atoms with Crippen LogP contribution < -0.4 is 5.32 Å². The van der Waals surface area contributed by atoms with Crippen LogP contribution in [0.3, 0.4) is 0 Å². The summed E-state index contributed by atoms with van der Waals surface area (Å²) in [5, 5.41) is 3.52. The molecule has 2 aliphatic rings. The summed E-state index contributed by atoms with van der Waals surface area (Å²) in [7, 11) is 0. The molecule has 100 valence electrons. The van der Waals surface area contributed by atoms with Crippen molar-refractivity contribution >= 4 is 0 Å². The van der Waals surface area contributed by atoms with Crippen LogP contribution in [0.15, 0.2) is 0 Å². The fourth-order valence-corrected chi connectivity index (χ4v) is 3.10. The van der Waals surface area contributed by atoms with E-state index in [0.717, 1.165) is 31.7 Å². The van der Waals surface area contributed by atoms with Crippen molar-refractivity contribution in [3.05, 3.63) is 0 Å². The van der Waals surface area contributed by atoms with Crippen LogP contribution in [0.4, 0.5) is 0 Å². The van der Waals surface area contributed by atoms with E-state index in [1.807, 2.05) is 0 Å². The standard InChI is InChI=1S/C14H28N2O/c1-2-15-11-14-5-3-4-8-16(14)12-13-6-9-17-10-7-13/h13-15H,2-12H2,1H3. The van der Waals surface area contributed by atoms with Gasteiger partial charge in [-0.15, -0.1) is 0 Å². The van der Waals surface area contributed by atoms with E-state index >= 15 is 0 Å². The second-order valence-electron chi connectivity index (χ2n) is 5.51. The number of hydrogen-bond acceptors (Lipinski definition) is 3. The highest BCUT2D eigenvalue weighted by molar-refractivity contribution is 4.81. The van der Waals surface area contributed by atoms with Gasteiger partial charge >= 0.3 is 0 Å². The predicted molar refractivity (Wildman–Crippen MR) is 71.3 cm³/mol. The molecule has 0 saturated carbocycles. The predicted octanol–water partition coefficient (Wildman–Crippen LogP) is 1.88. The van der Waals surface area contributed by atoms with Crippen LogP contribution >= 0.6 is 0 Å². The Morgan fingerprint density at radius 2 is 2.00 bits per heavy atom. The van der Waals surface area contributed by atoms with Crippen LogP contribution in [0.5, 0.6) is 0 Å². The molecule has 1 atom stereocenters. The Morgan fingerprint density at radius 1 is 1.18 bits per heavy atom. The molecule has 2 heterocycles. The largest absolute Gasteiger partial charge is 0.381 e. The Kier molecular flexibility index (Phi) is 5.75. The zero-order chi connectivity index (χ0) is 11.9. The molecule has 1 unspecified atom stereocenters. The minimum atomic E-state index is 0.784. The van der Waals surface area contributed by atoms with Gasteiger partial charge in [0.25, 0.3) is 0 Å². The first kappa shape index (κ1) is 13.3. The average molecular weight is 240 g/mol. The van der Waals surface area contributed by atoms with E-state index in [9.17, 15) is 0 Å². The molecule has 1 N–H and O–H groups in total. The minimum absolute atomic E-state index is 0.784. The van der Waals surface area contributed by atoms with Gasteiger partial charge in [-0.05, 0) is 44.7 Å². The molecule has 2 fully saturated rings. The molecule has 0 spiro atoms. The van der Waals surface area contributed by atoms with Crippen LogP contribution in [0.25, 0.3) is 0 Å². The van der Waals surface area contributed by atoms with Crippen molar-refractivity contribution in [3.63, 3.8) is 0 Å². The molecule has 2 saturated heterocycles. The molecular formula is C14H28N2O. The molecule has 2 rings (SSSR count). The highest BCUT2D eigenvalue weighted by atomic mass is 16.5. The van der Waals surface area contributed by atoms with Crippen molar-refractivity contribution in [2.45, 2.75) is 45.1 Å². The average Bonchev–Trinajstić information content (AvgIpc) is 2.39. The third kappa shape index (κ3) is 4.23. The summed E-state index contributed by atoms with van der Waals surface area (Å²) >= 11 is 0. The van der Waals surface area contributed by atoms with E-state index in [0.29, 0.717) is 0 Å². The number of hydrogen-bond donors (Lipinski definition) is 1. The third-order valence-electron chi connectivity index (χ3n) is 4.21. The molecule has 0 bridgehead atoms. The SMILES string of the molecule is CCNCC1CCCCN1CC1CCOCC1. The van der Waals surface area contributed by atoms with Crippen molar-refractivity contribution in [2.24, 2.45) is 5.92 Å². The maximum atomic E-state index is 5.45. The number of likely N-dealkylation sites (N-methyl/N-ethyl adjacent to an activating group) is 1. The van der Waals surface area contributed by atoms with Gasteiger partial charge in [0.2, 0.25) is 0 Å². The zero-order valence-corrected chi connectivity index (χ0v) is 11.3. The second-order valence-corrected chi connectivity index (χ2v) is 5.51. The van der Waals surface area contributed by atoms with E-state index in [2.05, 4.69) is 17.1 Å². The molecule has 0 radical (unpaired) electrons. The first-order chi connectivity index (χ1) is 8.40. The third-order valence-corrected chi connectivity index (χ3v) is 4.21. The lowest BCUT2D eigenvalue weighted by atomic mass is 9.95. The first-order valence-electron chi connectivity index (χ1n) is 7.42. The van der Waals surface area contributed by atoms with Crippen molar-refractivity contribution < 1.29 is 4.74 Å². The topological polar surface area (TPSA) is 24.5 Å². The lowest BCUT2D eigenvalue weighted by Crippen LogP contribution is -2.47. The maximum Gasteiger partial charge on any atom is 0.0469 e. The Bertz CT molecular complexity index is 204. The van der Waals surface area contributed by atoms with Crippen LogP contribution in [0.2, 0.25) is 0 Å². The molecular weight excluding hydrogens is 212 g/mol. The molecule has 0 amide bonds. The number of nitrogens with zero attached hydrogens (tertiary/aromatic N) is 1. The van der Waals surface area contributed by atoms with Crippen LogP contribution in [-0.2, 0) is 4.74 Å². The second kappa shape index (κ2) is 7.34. The monoisotopic (exact) mass is 240 g/mol. The first-order valence-corrected chi connectivity index (χ1v) is 7.42. The summed E-state index contributed by atoms with van der Waals surface area (Å²) in [5.74, 6) is 0.881. The van der Waals surface area contributed by atoms with E-state index in [-0.39, 0.29) is 0 Å². The summed E-state index contributed by atoms with van der Waals surface area (Å²) in [5.41, 5.74) is 0. The van der Waals surface area contributed by atoms with Gasteiger partial charge in [0.05, 0.1) is 0 Å². The van der Waals surface area contributed by atoms with Crippen LogP contribution in [0, 0.1) is 5.92 Å². The Balaban J connectivity index is 1.78. The highest BCUT2D eigenvalue weighted by Crippen LogP contribution is 2.22. The molecule has 0 aromatic rings. The van der Waals surface area contributed by atoms with Crippen molar-refractivity contribution in [3.8, 4) is 0 Å². The minimum Gasteiger partial charge on any atom is -0.381 e. The molecule has 2 aliphatic heterocycles. The van der Waals surface area contributed by atoms with Gasteiger partial charge in [-0.25, -0.2) is 0 Å². The van der Waals surface area contributed by atoms with Crippen molar-refractivity contribution in [1.29, 1.82) is 0 Å². The Morgan fingerprint density at radius 3 is 2.76 bits per heavy atom. The van der Waals surface area contributed by atoms with Gasteiger partial charge in [0.1, 0.15) is 0 Å². The van der Waals surface area contributed by atoms with E-state index < -0.39 is 0 Å². The molecule has 17 heavy (non-hydrogen) atoms. The van der Waals surface area contributed by atoms with E-state index in [1.54, 1.807) is 0 Å². The quantitative estimate of drug-likeness (QED) is 0.794. The smallest absolute Gasteiger partial charge is 0.0469 e. The maximum absolute atomic E-state index is 5.45. The number of rotatable bonds is 5. The molecule has 0 aromatic heterocycles. The fourth-order valence-electron chi connectivity index (χ4n) is 3.10. The summed E-state index contributed by atoms with van der Waals surface area (Å²) in [6.07, 6.45) is 6.73. The van der Waals surface area contributed by atoms with E-state index in [1.165, 1.54) is 51.7 Å². The van der Waals surface area contributed by atoms with Gasteiger partial charge in [-0.1, -0.05) is 13.3 Å². The number of likely N-dealkylation sites (tertiary alicyclic amines) is 1. The molecule has 0 aromatic carbocycles. The molecule has 3 heteroatoms. The lowest BCUT2D eigenvalue weighted by molar-refractivity contribution is 0.0386. The summed E-state index contributed by atoms with van der Waals surface area (Å²) in [6, 6.07) is 0.784. The van der Waals surface area contributed by atoms with Crippen LogP contribution in [0.1, 0.15) is 39.0 Å². The number of ether oxygens (including phenoxy) is 1. The van der Waals surface area contributed by atoms with Gasteiger partial charge in [-0.3, -0.25) is 4.90 Å². The molecule has 3 nitrogen and oxygen atoms in total. The zero-order valence-electron chi connectivity index (χ0n) is 11.3. The van der Waals surface area contributed by atoms with Crippen molar-refractivity contribution in [2.75, 3.05) is 39.4 Å². The fraction of sp³-hybridized carbons (Fsp3) is 1.00. The van der Waals surface area contributed by atoms with Gasteiger partial charge in [0, 0.05) is 32.3 Å². The summed E-state index contributed by atoms with van der Waals surface area (Å²) in [4.78, 5) is 2.74. The van der Waals surface area contributed by atoms with Crippen LogP contribution in [-0.4, -0.2) is 50.3 Å². The van der Waals surface area contributed by atoms with Crippen molar-refractivity contribution in [1.82, 2.24) is 10.2 Å². The lowest BCUT2D eigenvalue weighted by Gasteiger charge is -2.38. The van der Waals surface area contributed by atoms with Gasteiger partial charge in [0.15, 0.2) is 0 Å². The Hall–Kier alpha value is -0.120. The normalized spacial score (nSPS) is 28.4. The summed E-state index contributed by atoms with van der Waals surface area (Å²) in [6.45, 7) is 9.06. The summed E-state index contributed by atoms with van der Waals surface area (Å²) < 4.78 is 5.45. The van der Waals surface area contributed by atoms with E-state index in [4.69, 9.17) is 4.74 Å². The number of nitrogens with one attached hydrogen (secondary N) is 1.